The van der Waals surface area contributed by atoms with Crippen LogP contribution in [0.2, 0.25) is 0 Å². The number of aromatic carboxylic acids is 1. The predicted octanol–water partition coefficient (Wildman–Crippen LogP) is 3.67. The van der Waals surface area contributed by atoms with E-state index in [4.69, 9.17) is 5.11 Å². The van der Waals surface area contributed by atoms with E-state index in [1.807, 2.05) is 24.5 Å². The van der Waals surface area contributed by atoms with Gasteiger partial charge in [0.2, 0.25) is 0 Å². The maximum atomic E-state index is 12.3. The molecule has 4 nitrogen and oxygen atoms in total. The molecule has 0 saturated carbocycles. The van der Waals surface area contributed by atoms with Crippen molar-refractivity contribution in [3.63, 3.8) is 0 Å². The first-order chi connectivity index (χ1) is 10.0. The van der Waals surface area contributed by atoms with E-state index in [0.29, 0.717) is 16.8 Å². The number of carbonyl (C=O) groups excluding carboxylic acids is 1. The van der Waals surface area contributed by atoms with Gasteiger partial charge in [0.25, 0.3) is 5.91 Å². The van der Waals surface area contributed by atoms with Gasteiger partial charge in [-0.3, -0.25) is 4.79 Å². The van der Waals surface area contributed by atoms with Crippen LogP contribution < -0.4 is 5.32 Å². The highest BCUT2D eigenvalue weighted by Crippen LogP contribution is 2.22. The van der Waals surface area contributed by atoms with Crippen LogP contribution in [0.1, 0.15) is 26.3 Å². The van der Waals surface area contributed by atoms with Crippen LogP contribution in [0.25, 0.3) is 0 Å². The minimum atomic E-state index is -0.974. The Kier molecular flexibility index (Phi) is 4.65. The number of carboxylic acids is 1. The van der Waals surface area contributed by atoms with Gasteiger partial charge in [0.1, 0.15) is 0 Å². The van der Waals surface area contributed by atoms with Crippen LogP contribution in [0.15, 0.2) is 47.4 Å². The molecule has 0 radical (unpaired) electrons. The van der Waals surface area contributed by atoms with E-state index < -0.39 is 5.97 Å². The molecule has 0 saturated heterocycles. The molecule has 0 aromatic heterocycles. The summed E-state index contributed by atoms with van der Waals surface area (Å²) < 4.78 is 0. The third-order valence-electron chi connectivity index (χ3n) is 3.07. The molecule has 0 heterocycles. The van der Waals surface area contributed by atoms with Crippen molar-refractivity contribution in [2.75, 3.05) is 11.6 Å². The molecular formula is C16H15NO3S. The second-order valence-electron chi connectivity index (χ2n) is 4.49. The Hall–Kier alpha value is -2.27. The van der Waals surface area contributed by atoms with E-state index in [-0.39, 0.29) is 11.5 Å². The highest BCUT2D eigenvalue weighted by molar-refractivity contribution is 7.98. The largest absolute Gasteiger partial charge is 0.478 e. The number of thioether (sulfide) groups is 1. The molecule has 0 aliphatic rings. The van der Waals surface area contributed by atoms with Crippen molar-refractivity contribution in [3.8, 4) is 0 Å². The van der Waals surface area contributed by atoms with Crippen LogP contribution in [0, 0.1) is 6.92 Å². The lowest BCUT2D eigenvalue weighted by atomic mass is 10.1. The second kappa shape index (κ2) is 6.45. The maximum Gasteiger partial charge on any atom is 0.335 e. The smallest absolute Gasteiger partial charge is 0.335 e. The molecule has 2 rings (SSSR count). The molecule has 2 aromatic rings. The first kappa shape index (κ1) is 15.1. The maximum absolute atomic E-state index is 12.3. The zero-order valence-corrected chi connectivity index (χ0v) is 12.5. The third-order valence-corrected chi connectivity index (χ3v) is 3.86. The zero-order chi connectivity index (χ0) is 15.4. The van der Waals surface area contributed by atoms with Gasteiger partial charge in [0.05, 0.1) is 11.1 Å². The SMILES string of the molecule is CSc1ccccc1C(=O)Nc1ccc(C(=O)O)c(C)c1. The van der Waals surface area contributed by atoms with Crippen molar-refractivity contribution >= 4 is 29.3 Å². The summed E-state index contributed by atoms with van der Waals surface area (Å²) in [5.74, 6) is -1.18. The second-order valence-corrected chi connectivity index (χ2v) is 5.34. The summed E-state index contributed by atoms with van der Waals surface area (Å²) >= 11 is 1.51. The van der Waals surface area contributed by atoms with Gasteiger partial charge in [0.15, 0.2) is 0 Å². The Morgan fingerprint density at radius 2 is 1.81 bits per heavy atom. The lowest BCUT2D eigenvalue weighted by molar-refractivity contribution is 0.0696. The van der Waals surface area contributed by atoms with Crippen molar-refractivity contribution in [3.05, 3.63) is 59.2 Å². The van der Waals surface area contributed by atoms with E-state index in [1.165, 1.54) is 17.8 Å². The van der Waals surface area contributed by atoms with Gasteiger partial charge >= 0.3 is 5.97 Å². The highest BCUT2D eigenvalue weighted by atomic mass is 32.2. The molecule has 2 aromatic carbocycles. The molecule has 0 aliphatic heterocycles. The summed E-state index contributed by atoms with van der Waals surface area (Å²) in [5.41, 5.74) is 2.03. The van der Waals surface area contributed by atoms with Gasteiger partial charge in [0, 0.05) is 10.6 Å². The van der Waals surface area contributed by atoms with Gasteiger partial charge < -0.3 is 10.4 Å². The quantitative estimate of drug-likeness (QED) is 0.846. The van der Waals surface area contributed by atoms with Gasteiger partial charge in [-0.1, -0.05) is 12.1 Å². The Morgan fingerprint density at radius 1 is 1.10 bits per heavy atom. The topological polar surface area (TPSA) is 66.4 Å². The Bertz CT molecular complexity index is 698. The van der Waals surface area contributed by atoms with Crippen LogP contribution in [-0.2, 0) is 0 Å². The fraction of sp³-hybridized carbons (Fsp3) is 0.125. The number of amides is 1. The molecular weight excluding hydrogens is 286 g/mol. The van der Waals surface area contributed by atoms with Crippen molar-refractivity contribution in [2.45, 2.75) is 11.8 Å². The minimum absolute atomic E-state index is 0.206. The first-order valence-corrected chi connectivity index (χ1v) is 7.53. The Balaban J connectivity index is 2.24. The van der Waals surface area contributed by atoms with Crippen molar-refractivity contribution in [1.82, 2.24) is 0 Å². The summed E-state index contributed by atoms with van der Waals surface area (Å²) in [4.78, 5) is 24.2. The summed E-state index contributed by atoms with van der Waals surface area (Å²) in [7, 11) is 0. The number of hydrogen-bond donors (Lipinski definition) is 2. The van der Waals surface area contributed by atoms with Crippen LogP contribution >= 0.6 is 11.8 Å². The predicted molar refractivity (Wildman–Crippen MR) is 84.3 cm³/mol. The van der Waals surface area contributed by atoms with Gasteiger partial charge in [-0.2, -0.15) is 0 Å². The van der Waals surface area contributed by atoms with Gasteiger partial charge in [-0.05, 0) is 49.1 Å². The number of rotatable bonds is 4. The normalized spacial score (nSPS) is 10.2. The van der Waals surface area contributed by atoms with Gasteiger partial charge in [-0.15, -0.1) is 11.8 Å². The molecule has 0 fully saturated rings. The molecule has 0 unspecified atom stereocenters. The highest BCUT2D eigenvalue weighted by Gasteiger charge is 2.12. The number of benzene rings is 2. The summed E-state index contributed by atoms with van der Waals surface area (Å²) in [6, 6.07) is 12.1. The van der Waals surface area contributed by atoms with Crippen molar-refractivity contribution in [2.24, 2.45) is 0 Å². The summed E-state index contributed by atoms with van der Waals surface area (Å²) in [6.07, 6.45) is 1.91. The molecule has 2 N–H and O–H groups in total. The van der Waals surface area contributed by atoms with E-state index >= 15 is 0 Å². The van der Waals surface area contributed by atoms with E-state index in [1.54, 1.807) is 25.1 Å². The Labute approximate surface area is 127 Å². The van der Waals surface area contributed by atoms with Crippen LogP contribution in [-0.4, -0.2) is 23.2 Å². The lowest BCUT2D eigenvalue weighted by Crippen LogP contribution is -2.13. The summed E-state index contributed by atoms with van der Waals surface area (Å²) in [5, 5.41) is 11.8. The molecule has 0 aliphatic carbocycles. The number of carbonyl (C=O) groups is 2. The number of carboxylic acid groups (broad SMARTS) is 1. The van der Waals surface area contributed by atoms with Crippen molar-refractivity contribution < 1.29 is 14.7 Å². The fourth-order valence-electron chi connectivity index (χ4n) is 2.01. The average molecular weight is 301 g/mol. The molecule has 5 heteroatoms. The molecule has 0 atom stereocenters. The molecule has 1 amide bonds. The van der Waals surface area contributed by atoms with Crippen molar-refractivity contribution in [1.29, 1.82) is 0 Å². The third kappa shape index (κ3) is 3.44. The first-order valence-electron chi connectivity index (χ1n) is 6.31. The van der Waals surface area contributed by atoms with Crippen LogP contribution in [0.4, 0.5) is 5.69 Å². The lowest BCUT2D eigenvalue weighted by Gasteiger charge is -2.10. The van der Waals surface area contributed by atoms with Gasteiger partial charge in [-0.25, -0.2) is 4.79 Å². The average Bonchev–Trinajstić information content (AvgIpc) is 2.46. The van der Waals surface area contributed by atoms with Crippen LogP contribution in [0.3, 0.4) is 0 Å². The van der Waals surface area contributed by atoms with E-state index in [0.717, 1.165) is 4.90 Å². The standard InChI is InChI=1S/C16H15NO3S/c1-10-9-11(7-8-12(10)16(19)20)17-15(18)13-5-3-4-6-14(13)21-2/h3-9H,1-2H3,(H,17,18)(H,19,20). The molecule has 0 bridgehead atoms. The molecule has 21 heavy (non-hydrogen) atoms. The van der Waals surface area contributed by atoms with E-state index in [9.17, 15) is 9.59 Å². The number of aryl methyl sites for hydroxylation is 1. The number of anilines is 1. The zero-order valence-electron chi connectivity index (χ0n) is 11.7. The Morgan fingerprint density at radius 3 is 2.43 bits per heavy atom. The molecule has 108 valence electrons. The summed E-state index contributed by atoms with van der Waals surface area (Å²) in [6.45, 7) is 1.70. The molecule has 0 spiro atoms. The van der Waals surface area contributed by atoms with Crippen LogP contribution in [0.5, 0.6) is 0 Å². The van der Waals surface area contributed by atoms with E-state index in [2.05, 4.69) is 5.32 Å². The fourth-order valence-corrected chi connectivity index (χ4v) is 2.61. The monoisotopic (exact) mass is 301 g/mol. The minimum Gasteiger partial charge on any atom is -0.478 e. The number of nitrogens with one attached hydrogen (secondary N) is 1. The number of hydrogen-bond acceptors (Lipinski definition) is 3.